The Labute approximate surface area is 235 Å². The molecule has 2 saturated heterocycles. The van der Waals surface area contributed by atoms with Crippen LogP contribution >= 0.6 is 0 Å². The van der Waals surface area contributed by atoms with Crippen LogP contribution in [0.2, 0.25) is 0 Å². The van der Waals surface area contributed by atoms with E-state index in [0.717, 1.165) is 11.1 Å². The second-order valence-electron chi connectivity index (χ2n) is 11.8. The first-order chi connectivity index (χ1) is 19.2. The Morgan fingerprint density at radius 1 is 1.02 bits per heavy atom. The van der Waals surface area contributed by atoms with E-state index < -0.39 is 18.2 Å². The van der Waals surface area contributed by atoms with Crippen molar-refractivity contribution in [3.63, 3.8) is 0 Å². The fourth-order valence-corrected chi connectivity index (χ4v) is 6.25. The molecule has 0 aliphatic carbocycles. The molecule has 2 aromatic carbocycles. The number of ether oxygens (including phenoxy) is 1. The maximum atomic E-state index is 14.5. The summed E-state index contributed by atoms with van der Waals surface area (Å²) < 4.78 is 7.56. The van der Waals surface area contributed by atoms with Gasteiger partial charge in [0.05, 0.1) is 36.8 Å². The monoisotopic (exact) mass is 546 g/mol. The second-order valence-corrected chi connectivity index (χ2v) is 11.8. The molecule has 40 heavy (non-hydrogen) atoms. The van der Waals surface area contributed by atoms with Crippen molar-refractivity contribution in [3.8, 4) is 11.3 Å². The number of benzene rings is 2. The number of amides is 2. The zero-order valence-corrected chi connectivity index (χ0v) is 23.3. The molecule has 0 bridgehead atoms. The molecule has 2 N–H and O–H groups in total. The van der Waals surface area contributed by atoms with E-state index in [-0.39, 0.29) is 42.9 Å². The van der Waals surface area contributed by atoms with Crippen LogP contribution in [-0.2, 0) is 4.74 Å². The van der Waals surface area contributed by atoms with E-state index in [0.29, 0.717) is 31.0 Å². The zero-order chi connectivity index (χ0) is 28.4. The van der Waals surface area contributed by atoms with Gasteiger partial charge in [-0.2, -0.15) is 0 Å². The third kappa shape index (κ3) is 5.48. The molecule has 2 fully saturated rings. The van der Waals surface area contributed by atoms with Crippen LogP contribution in [0.4, 0.5) is 4.79 Å². The molecule has 3 heterocycles. The minimum Gasteiger partial charge on any atom is -0.465 e. The third-order valence-corrected chi connectivity index (χ3v) is 8.12. The normalized spacial score (nSPS) is 22.6. The van der Waals surface area contributed by atoms with Crippen LogP contribution in [0.15, 0.2) is 67.0 Å². The van der Waals surface area contributed by atoms with Crippen molar-refractivity contribution in [1.29, 1.82) is 0 Å². The highest BCUT2D eigenvalue weighted by Gasteiger charge is 2.44. The average molecular weight is 547 g/mol. The summed E-state index contributed by atoms with van der Waals surface area (Å²) in [7, 11) is 0. The lowest BCUT2D eigenvalue weighted by Gasteiger charge is -2.48. The molecule has 4 atom stereocenters. The number of imidazole rings is 1. The summed E-state index contributed by atoms with van der Waals surface area (Å²) >= 11 is 0. The molecule has 9 heteroatoms. The lowest BCUT2D eigenvalue weighted by molar-refractivity contribution is -0.0286. The Balaban J connectivity index is 1.60. The molecule has 2 aliphatic heterocycles. The molecule has 9 nitrogen and oxygen atoms in total. The quantitative estimate of drug-likeness (QED) is 0.488. The maximum Gasteiger partial charge on any atom is 0.407 e. The molecular formula is C31H38N4O5. The van der Waals surface area contributed by atoms with Crippen molar-refractivity contribution in [2.75, 3.05) is 32.8 Å². The first-order valence-corrected chi connectivity index (χ1v) is 13.9. The Hall–Kier alpha value is -3.69. The minimum atomic E-state index is -0.988. The van der Waals surface area contributed by atoms with Gasteiger partial charge in [-0.05, 0) is 17.4 Å². The number of carboxylic acid groups (broad SMARTS) is 1. The number of rotatable bonds is 5. The molecule has 0 spiro atoms. The second kappa shape index (κ2) is 11.4. The number of aliphatic hydroxyl groups excluding tert-OH is 1. The first kappa shape index (κ1) is 27.9. The summed E-state index contributed by atoms with van der Waals surface area (Å²) in [6.07, 6.45) is 0.519. The van der Waals surface area contributed by atoms with Gasteiger partial charge < -0.3 is 29.3 Å². The number of aliphatic hydroxyl groups is 1. The SMILES string of the molecule is CC(C)(C)C(c1ccccc1)[C@@H]1CN(C(=O)O)CCN1C(=O)c1ncn(C2COCCC2O)c1-c1ccccc1. The number of piperazine rings is 1. The summed E-state index contributed by atoms with van der Waals surface area (Å²) in [4.78, 5) is 34.4. The Morgan fingerprint density at radius 2 is 1.70 bits per heavy atom. The van der Waals surface area contributed by atoms with Crippen LogP contribution in [0.1, 0.15) is 55.2 Å². The van der Waals surface area contributed by atoms with Gasteiger partial charge in [-0.3, -0.25) is 4.79 Å². The number of hydrogen-bond donors (Lipinski definition) is 2. The van der Waals surface area contributed by atoms with Crippen molar-refractivity contribution in [3.05, 3.63) is 78.2 Å². The van der Waals surface area contributed by atoms with Crippen LogP contribution in [0.25, 0.3) is 11.3 Å². The molecule has 5 rings (SSSR count). The number of carbonyl (C=O) groups is 2. The predicted octanol–water partition coefficient (Wildman–Crippen LogP) is 4.51. The fraction of sp³-hybridized carbons (Fsp3) is 0.452. The molecule has 1 aromatic heterocycles. The van der Waals surface area contributed by atoms with Gasteiger partial charge >= 0.3 is 6.09 Å². The number of carbonyl (C=O) groups excluding carboxylic acids is 1. The van der Waals surface area contributed by atoms with Gasteiger partial charge in [0.15, 0.2) is 5.69 Å². The Bertz CT molecular complexity index is 1320. The van der Waals surface area contributed by atoms with E-state index in [1.54, 1.807) is 6.33 Å². The highest BCUT2D eigenvalue weighted by atomic mass is 16.5. The van der Waals surface area contributed by atoms with Gasteiger partial charge in [0.2, 0.25) is 0 Å². The minimum absolute atomic E-state index is 0.129. The summed E-state index contributed by atoms with van der Waals surface area (Å²) in [6, 6.07) is 18.8. The van der Waals surface area contributed by atoms with E-state index in [2.05, 4.69) is 25.8 Å². The Morgan fingerprint density at radius 3 is 2.33 bits per heavy atom. The highest BCUT2D eigenvalue weighted by Crippen LogP contribution is 2.42. The molecular weight excluding hydrogens is 508 g/mol. The van der Waals surface area contributed by atoms with Crippen molar-refractivity contribution in [2.45, 2.75) is 51.3 Å². The van der Waals surface area contributed by atoms with Crippen molar-refractivity contribution >= 4 is 12.0 Å². The zero-order valence-electron chi connectivity index (χ0n) is 23.3. The average Bonchev–Trinajstić information content (AvgIpc) is 3.38. The summed E-state index contributed by atoms with van der Waals surface area (Å²) in [5.41, 5.74) is 2.53. The van der Waals surface area contributed by atoms with Crippen molar-refractivity contribution in [1.82, 2.24) is 19.4 Å². The topological polar surface area (TPSA) is 108 Å². The number of nitrogens with zero attached hydrogens (tertiary/aromatic N) is 4. The lowest BCUT2D eigenvalue weighted by atomic mass is 9.71. The van der Waals surface area contributed by atoms with Crippen LogP contribution in [0.3, 0.4) is 0 Å². The summed E-state index contributed by atoms with van der Waals surface area (Å²) in [6.45, 7) is 7.87. The number of aromatic nitrogens is 2. The fourth-order valence-electron chi connectivity index (χ4n) is 6.25. The van der Waals surface area contributed by atoms with E-state index in [4.69, 9.17) is 4.74 Å². The van der Waals surface area contributed by atoms with Crippen LogP contribution in [0, 0.1) is 5.41 Å². The van der Waals surface area contributed by atoms with E-state index in [1.807, 2.05) is 70.1 Å². The molecule has 3 aromatic rings. The first-order valence-electron chi connectivity index (χ1n) is 13.9. The molecule has 0 radical (unpaired) electrons. The van der Waals surface area contributed by atoms with Gasteiger partial charge in [-0.25, -0.2) is 9.78 Å². The maximum absolute atomic E-state index is 14.5. The molecule has 0 saturated carbocycles. The third-order valence-electron chi connectivity index (χ3n) is 8.12. The lowest BCUT2D eigenvalue weighted by Crippen LogP contribution is -2.59. The van der Waals surface area contributed by atoms with Gasteiger partial charge in [0.1, 0.15) is 0 Å². The molecule has 2 amide bonds. The largest absolute Gasteiger partial charge is 0.465 e. The predicted molar refractivity (Wildman–Crippen MR) is 151 cm³/mol. The summed E-state index contributed by atoms with van der Waals surface area (Å²) in [5, 5.41) is 20.7. The van der Waals surface area contributed by atoms with Crippen LogP contribution in [0.5, 0.6) is 0 Å². The summed E-state index contributed by atoms with van der Waals surface area (Å²) in [5.74, 6) is -0.375. The van der Waals surface area contributed by atoms with Crippen LogP contribution in [-0.4, -0.2) is 86.6 Å². The van der Waals surface area contributed by atoms with Crippen LogP contribution < -0.4 is 0 Å². The van der Waals surface area contributed by atoms with Gasteiger partial charge in [-0.1, -0.05) is 81.4 Å². The van der Waals surface area contributed by atoms with Gasteiger partial charge in [0.25, 0.3) is 5.91 Å². The smallest absolute Gasteiger partial charge is 0.407 e. The van der Waals surface area contributed by atoms with E-state index in [9.17, 15) is 19.8 Å². The van der Waals surface area contributed by atoms with Gasteiger partial charge in [0, 0.05) is 37.7 Å². The van der Waals surface area contributed by atoms with E-state index >= 15 is 0 Å². The molecule has 3 unspecified atom stereocenters. The Kier molecular flexibility index (Phi) is 7.96. The molecule has 2 aliphatic rings. The molecule has 212 valence electrons. The van der Waals surface area contributed by atoms with Crippen molar-refractivity contribution in [2.24, 2.45) is 5.41 Å². The van der Waals surface area contributed by atoms with Gasteiger partial charge in [-0.15, -0.1) is 0 Å². The highest BCUT2D eigenvalue weighted by molar-refractivity contribution is 5.98. The number of hydrogen-bond acceptors (Lipinski definition) is 5. The van der Waals surface area contributed by atoms with E-state index in [1.165, 1.54) is 4.90 Å². The van der Waals surface area contributed by atoms with Crippen molar-refractivity contribution < 1.29 is 24.5 Å². The standard InChI is InChI=1S/C31H38N4O5/c1-31(2,3)26(21-10-6-4-7-11-21)23-18-33(30(38)39)15-16-34(23)29(37)27-28(22-12-8-5-9-13-22)35(20-32-27)24-19-40-17-14-25(24)36/h4-13,20,23-26,36H,14-19H2,1-3H3,(H,38,39)/t23-,24?,25?,26?/m0/s1.